The number of aliphatic carboxylic acids is 1. The van der Waals surface area contributed by atoms with Gasteiger partial charge in [-0.25, -0.2) is 0 Å². The number of rotatable bonds is 15. The van der Waals surface area contributed by atoms with Gasteiger partial charge < -0.3 is 29.3 Å². The third-order valence-corrected chi connectivity index (χ3v) is 8.73. The first-order valence-corrected chi connectivity index (χ1v) is 15.3. The first kappa shape index (κ1) is 31.1. The van der Waals surface area contributed by atoms with Gasteiger partial charge in [0.15, 0.2) is 11.5 Å². The number of carbonyl (C=O) groups is 3. The van der Waals surface area contributed by atoms with Crippen molar-refractivity contribution in [2.75, 3.05) is 66.7 Å². The summed E-state index contributed by atoms with van der Waals surface area (Å²) < 4.78 is 11.1. The van der Waals surface area contributed by atoms with Crippen LogP contribution in [0.3, 0.4) is 0 Å². The van der Waals surface area contributed by atoms with Gasteiger partial charge in [-0.05, 0) is 76.9 Å². The molecule has 3 heterocycles. The molecule has 3 atom stereocenters. The van der Waals surface area contributed by atoms with E-state index >= 15 is 0 Å². The van der Waals surface area contributed by atoms with Crippen LogP contribution >= 0.6 is 0 Å². The van der Waals surface area contributed by atoms with Gasteiger partial charge in [-0.3, -0.25) is 19.3 Å². The second kappa shape index (κ2) is 14.9. The predicted molar refractivity (Wildman–Crippen MR) is 156 cm³/mol. The molecule has 2 saturated heterocycles. The Balaban J connectivity index is 1.53. The maximum Gasteiger partial charge on any atom is 0.308 e. The van der Waals surface area contributed by atoms with Crippen LogP contribution in [0.4, 0.5) is 0 Å². The fourth-order valence-electron chi connectivity index (χ4n) is 6.43. The molecular weight excluding hydrogens is 524 g/mol. The van der Waals surface area contributed by atoms with Crippen LogP contribution < -0.4 is 9.47 Å². The quantitative estimate of drug-likeness (QED) is 0.320. The number of carbonyl (C=O) groups excluding carboxylic acids is 2. The van der Waals surface area contributed by atoms with Gasteiger partial charge in [-0.1, -0.05) is 19.4 Å². The molecule has 4 rings (SSSR count). The number of unbranched alkanes of at least 4 members (excludes halogenated alkanes) is 2. The zero-order valence-electron chi connectivity index (χ0n) is 25.1. The van der Waals surface area contributed by atoms with Crippen LogP contribution in [-0.4, -0.2) is 115 Å². The van der Waals surface area contributed by atoms with E-state index in [1.54, 1.807) is 0 Å². The second-order valence-electron chi connectivity index (χ2n) is 12.0. The minimum absolute atomic E-state index is 0.0535. The topological polar surface area (TPSA) is 103 Å². The lowest BCUT2D eigenvalue weighted by Gasteiger charge is -2.32. The summed E-state index contributed by atoms with van der Waals surface area (Å²) in [5.41, 5.74) is 0.877. The standard InChI is InChI=1S/C31H48N4O6/c1-4-5-15-33(17-9-8-14-32(2)3)29(37)21-35-20-24(23-11-12-26-27(19-23)41-22-40-26)30(31(38)39)25(35)13-18-34-16-7-6-10-28(34)36/h11-12,19,24-25,30H,4-10,13-18,20-22H2,1-3H3,(H,38,39)/t24-,25+,30?/m1/s1. The third kappa shape index (κ3) is 8.13. The van der Waals surface area contributed by atoms with Crippen molar-refractivity contribution in [1.82, 2.24) is 19.6 Å². The average molecular weight is 573 g/mol. The number of benzene rings is 1. The molecule has 0 radical (unpaired) electrons. The molecule has 0 spiro atoms. The van der Waals surface area contributed by atoms with Gasteiger partial charge in [-0.15, -0.1) is 0 Å². The fraction of sp³-hybridized carbons (Fsp3) is 0.710. The van der Waals surface area contributed by atoms with Crippen LogP contribution in [0.2, 0.25) is 0 Å². The molecule has 3 aliphatic heterocycles. The lowest BCUT2D eigenvalue weighted by molar-refractivity contribution is -0.144. The highest BCUT2D eigenvalue weighted by atomic mass is 16.7. The molecule has 41 heavy (non-hydrogen) atoms. The third-order valence-electron chi connectivity index (χ3n) is 8.73. The van der Waals surface area contributed by atoms with Gasteiger partial charge in [-0.2, -0.15) is 0 Å². The van der Waals surface area contributed by atoms with Gasteiger partial charge in [0.05, 0.1) is 12.5 Å². The molecule has 0 aromatic heterocycles. The van der Waals surface area contributed by atoms with Gasteiger partial charge in [0.25, 0.3) is 0 Å². The fourth-order valence-corrected chi connectivity index (χ4v) is 6.43. The summed E-state index contributed by atoms with van der Waals surface area (Å²) in [6, 6.07) is 5.29. The number of hydrogen-bond donors (Lipinski definition) is 1. The van der Waals surface area contributed by atoms with Crippen molar-refractivity contribution in [3.8, 4) is 11.5 Å². The van der Waals surface area contributed by atoms with Gasteiger partial charge in [0.1, 0.15) is 0 Å². The number of carboxylic acids is 1. The highest BCUT2D eigenvalue weighted by molar-refractivity contribution is 5.79. The number of amides is 2. The molecule has 1 N–H and O–H groups in total. The predicted octanol–water partition coefficient (Wildman–Crippen LogP) is 3.26. The highest BCUT2D eigenvalue weighted by Gasteiger charge is 2.47. The first-order chi connectivity index (χ1) is 19.8. The summed E-state index contributed by atoms with van der Waals surface area (Å²) in [4.78, 5) is 47.1. The molecular formula is C31H48N4O6. The average Bonchev–Trinajstić information content (AvgIpc) is 3.56. The van der Waals surface area contributed by atoms with Crippen molar-refractivity contribution in [2.24, 2.45) is 5.92 Å². The molecule has 228 valence electrons. The number of carboxylic acid groups (broad SMARTS) is 1. The molecule has 1 aromatic carbocycles. The molecule has 1 unspecified atom stereocenters. The largest absolute Gasteiger partial charge is 0.481 e. The minimum atomic E-state index is -0.871. The Bertz CT molecular complexity index is 1050. The van der Waals surface area contributed by atoms with Crippen molar-refractivity contribution in [2.45, 2.75) is 70.3 Å². The van der Waals surface area contributed by atoms with Crippen molar-refractivity contribution in [3.63, 3.8) is 0 Å². The van der Waals surface area contributed by atoms with Crippen LogP contribution in [0.25, 0.3) is 0 Å². The summed E-state index contributed by atoms with van der Waals surface area (Å²) in [5, 5.41) is 10.5. The molecule has 10 nitrogen and oxygen atoms in total. The zero-order chi connectivity index (χ0) is 29.4. The smallest absolute Gasteiger partial charge is 0.308 e. The number of fused-ring (bicyclic) bond motifs is 1. The molecule has 2 fully saturated rings. The summed E-state index contributed by atoms with van der Waals surface area (Å²) in [6.07, 6.45) is 6.86. The van der Waals surface area contributed by atoms with Crippen LogP contribution in [0.5, 0.6) is 11.5 Å². The van der Waals surface area contributed by atoms with Crippen LogP contribution in [-0.2, 0) is 14.4 Å². The van der Waals surface area contributed by atoms with E-state index in [1.165, 1.54) is 0 Å². The van der Waals surface area contributed by atoms with Gasteiger partial charge in [0, 0.05) is 51.1 Å². The van der Waals surface area contributed by atoms with Crippen molar-refractivity contribution < 1.29 is 29.0 Å². The molecule has 10 heteroatoms. The van der Waals surface area contributed by atoms with Gasteiger partial charge >= 0.3 is 5.97 Å². The lowest BCUT2D eigenvalue weighted by Crippen LogP contribution is -2.46. The van der Waals surface area contributed by atoms with Crippen molar-refractivity contribution in [1.29, 1.82) is 0 Å². The van der Waals surface area contributed by atoms with E-state index in [-0.39, 0.29) is 37.1 Å². The molecule has 0 aliphatic carbocycles. The maximum atomic E-state index is 13.7. The Morgan fingerprint density at radius 1 is 1.05 bits per heavy atom. The van der Waals surface area contributed by atoms with E-state index in [2.05, 4.69) is 30.8 Å². The number of likely N-dealkylation sites (tertiary alicyclic amines) is 2. The van der Waals surface area contributed by atoms with E-state index < -0.39 is 11.9 Å². The van der Waals surface area contributed by atoms with E-state index in [1.807, 2.05) is 28.0 Å². The number of nitrogens with zero attached hydrogens (tertiary/aromatic N) is 4. The molecule has 3 aliphatic rings. The minimum Gasteiger partial charge on any atom is -0.481 e. The van der Waals surface area contributed by atoms with Crippen LogP contribution in [0, 0.1) is 5.92 Å². The molecule has 1 aromatic rings. The molecule has 0 saturated carbocycles. The number of hydrogen-bond acceptors (Lipinski definition) is 7. The molecule has 2 amide bonds. The van der Waals surface area contributed by atoms with Gasteiger partial charge in [0.2, 0.25) is 18.6 Å². The number of piperidine rings is 1. The summed E-state index contributed by atoms with van der Waals surface area (Å²) in [7, 11) is 4.11. The van der Waals surface area contributed by atoms with E-state index in [9.17, 15) is 19.5 Å². The number of ether oxygens (including phenoxy) is 2. The lowest BCUT2D eigenvalue weighted by atomic mass is 9.84. The first-order valence-electron chi connectivity index (χ1n) is 15.3. The Labute approximate surface area is 244 Å². The van der Waals surface area contributed by atoms with E-state index in [0.717, 1.165) is 50.6 Å². The summed E-state index contributed by atoms with van der Waals surface area (Å²) in [5.74, 6) is -0.401. The summed E-state index contributed by atoms with van der Waals surface area (Å²) in [6.45, 7) is 6.55. The monoisotopic (exact) mass is 572 g/mol. The van der Waals surface area contributed by atoms with E-state index in [4.69, 9.17) is 9.47 Å². The zero-order valence-corrected chi connectivity index (χ0v) is 25.1. The normalized spacial score (nSPS) is 22.5. The Morgan fingerprint density at radius 2 is 1.80 bits per heavy atom. The summed E-state index contributed by atoms with van der Waals surface area (Å²) >= 11 is 0. The van der Waals surface area contributed by atoms with Crippen molar-refractivity contribution >= 4 is 17.8 Å². The second-order valence-corrected chi connectivity index (χ2v) is 12.0. The Morgan fingerprint density at radius 3 is 2.54 bits per heavy atom. The highest BCUT2D eigenvalue weighted by Crippen LogP contribution is 2.42. The van der Waals surface area contributed by atoms with Crippen LogP contribution in [0.1, 0.15) is 69.8 Å². The maximum absolute atomic E-state index is 13.7. The molecule has 0 bridgehead atoms. The SMILES string of the molecule is CCCCN(CCCCN(C)C)C(=O)CN1C[C@H](c2ccc3c(c2)OCO3)C(C(=O)O)[C@@H]1CCN1CCCCC1=O. The van der Waals surface area contributed by atoms with E-state index in [0.29, 0.717) is 57.1 Å². The Hall–Kier alpha value is -2.85. The Kier molecular flexibility index (Phi) is 11.3. The van der Waals surface area contributed by atoms with Crippen LogP contribution in [0.15, 0.2) is 18.2 Å². The van der Waals surface area contributed by atoms with Crippen molar-refractivity contribution in [3.05, 3.63) is 23.8 Å².